The Morgan fingerprint density at radius 2 is 1.52 bits per heavy atom. The Morgan fingerprint density at radius 1 is 0.920 bits per heavy atom. The van der Waals surface area contributed by atoms with Gasteiger partial charge in [-0.1, -0.05) is 12.1 Å². The van der Waals surface area contributed by atoms with Crippen LogP contribution in [0.3, 0.4) is 0 Å². The van der Waals surface area contributed by atoms with Gasteiger partial charge in [-0.3, -0.25) is 0 Å². The average Bonchev–Trinajstić information content (AvgIpc) is 2.95. The first kappa shape index (κ1) is 17.6. The van der Waals surface area contributed by atoms with Crippen LogP contribution in [-0.2, 0) is 18.8 Å². The zero-order valence-corrected chi connectivity index (χ0v) is 12.7. The van der Waals surface area contributed by atoms with Crippen LogP contribution in [0.25, 0.3) is 11.1 Å². The number of hydrogen-bond donors (Lipinski definition) is 1. The van der Waals surface area contributed by atoms with E-state index in [1.807, 2.05) is 0 Å². The van der Waals surface area contributed by atoms with Gasteiger partial charge in [0.2, 0.25) is 0 Å². The maximum atomic E-state index is 13.1. The lowest BCUT2D eigenvalue weighted by Gasteiger charge is -2.15. The maximum absolute atomic E-state index is 13.1. The predicted octanol–water partition coefficient (Wildman–Crippen LogP) is 4.65. The zero-order chi connectivity index (χ0) is 18.4. The Bertz CT molecular complexity index is 779. The average molecular weight is 361 g/mol. The first-order valence-corrected chi connectivity index (χ1v) is 7.38. The van der Waals surface area contributed by atoms with E-state index in [4.69, 9.17) is 10.5 Å². The minimum Gasteiger partial charge on any atom is -0.488 e. The molecule has 1 heterocycles. The lowest BCUT2D eigenvalue weighted by atomic mass is 9.96. The van der Waals surface area contributed by atoms with Gasteiger partial charge in [0.25, 0.3) is 0 Å². The van der Waals surface area contributed by atoms with Gasteiger partial charge in [-0.25, -0.2) is 0 Å². The van der Waals surface area contributed by atoms with Gasteiger partial charge >= 0.3 is 12.4 Å². The van der Waals surface area contributed by atoms with Crippen molar-refractivity contribution in [3.63, 3.8) is 0 Å². The molecule has 0 fully saturated rings. The third-order valence-corrected chi connectivity index (χ3v) is 4.01. The van der Waals surface area contributed by atoms with Crippen LogP contribution in [0.1, 0.15) is 16.7 Å². The Morgan fingerprint density at radius 3 is 2.04 bits per heavy atom. The van der Waals surface area contributed by atoms with Gasteiger partial charge in [-0.05, 0) is 35.4 Å². The van der Waals surface area contributed by atoms with E-state index in [0.717, 1.165) is 36.4 Å². The van der Waals surface area contributed by atoms with Crippen molar-refractivity contribution in [1.29, 1.82) is 0 Å². The second kappa shape index (κ2) is 5.94. The van der Waals surface area contributed by atoms with Gasteiger partial charge < -0.3 is 10.5 Å². The molecule has 0 aliphatic carbocycles. The highest BCUT2D eigenvalue weighted by molar-refractivity contribution is 5.74. The van der Waals surface area contributed by atoms with E-state index in [1.54, 1.807) is 0 Å². The van der Waals surface area contributed by atoms with Gasteiger partial charge in [0, 0.05) is 18.5 Å². The fraction of sp³-hybridized carbons (Fsp3) is 0.294. The van der Waals surface area contributed by atoms with Gasteiger partial charge in [0.05, 0.1) is 11.1 Å². The Kier molecular flexibility index (Phi) is 4.18. The molecule has 2 nitrogen and oxygen atoms in total. The number of alkyl halides is 6. The standard InChI is InChI=1S/C17H13F6NO/c18-16(19,20)11-3-1-9(2-4-11)14-7-12(17(21,22)23)5-10-6-13(8-24)25-15(10)14/h1-5,7,13H,6,8,24H2. The molecule has 0 saturated heterocycles. The highest BCUT2D eigenvalue weighted by Gasteiger charge is 2.35. The van der Waals surface area contributed by atoms with Crippen molar-refractivity contribution >= 4 is 0 Å². The molecule has 0 saturated carbocycles. The van der Waals surface area contributed by atoms with Crippen molar-refractivity contribution < 1.29 is 31.1 Å². The second-order valence-electron chi connectivity index (χ2n) is 5.76. The van der Waals surface area contributed by atoms with Crippen molar-refractivity contribution in [2.75, 3.05) is 6.54 Å². The lowest BCUT2D eigenvalue weighted by molar-refractivity contribution is -0.138. The number of nitrogens with two attached hydrogens (primary N) is 1. The van der Waals surface area contributed by atoms with E-state index in [-0.39, 0.29) is 29.8 Å². The minimum absolute atomic E-state index is 0.106. The summed E-state index contributed by atoms with van der Waals surface area (Å²) in [5, 5.41) is 0. The summed E-state index contributed by atoms with van der Waals surface area (Å²) in [7, 11) is 0. The van der Waals surface area contributed by atoms with E-state index in [9.17, 15) is 26.3 Å². The molecular weight excluding hydrogens is 348 g/mol. The van der Waals surface area contributed by atoms with Gasteiger partial charge in [-0.15, -0.1) is 0 Å². The number of ether oxygens (including phenoxy) is 1. The largest absolute Gasteiger partial charge is 0.488 e. The quantitative estimate of drug-likeness (QED) is 0.790. The summed E-state index contributed by atoms with van der Waals surface area (Å²) in [5.74, 6) is 0.239. The summed E-state index contributed by atoms with van der Waals surface area (Å²) in [6.45, 7) is 0.127. The maximum Gasteiger partial charge on any atom is 0.416 e. The summed E-state index contributed by atoms with van der Waals surface area (Å²) in [6, 6.07) is 5.82. The van der Waals surface area contributed by atoms with Crippen LogP contribution in [-0.4, -0.2) is 12.6 Å². The van der Waals surface area contributed by atoms with Crippen LogP contribution >= 0.6 is 0 Å². The number of rotatable bonds is 2. The Balaban J connectivity index is 2.11. The van der Waals surface area contributed by atoms with Crippen LogP contribution in [0.4, 0.5) is 26.3 Å². The molecule has 134 valence electrons. The number of benzene rings is 2. The first-order valence-electron chi connectivity index (χ1n) is 7.38. The molecule has 25 heavy (non-hydrogen) atoms. The van der Waals surface area contributed by atoms with E-state index < -0.39 is 29.6 Å². The summed E-state index contributed by atoms with van der Waals surface area (Å²) >= 11 is 0. The monoisotopic (exact) mass is 361 g/mol. The second-order valence-corrected chi connectivity index (χ2v) is 5.76. The summed E-state index contributed by atoms with van der Waals surface area (Å²) in [5.41, 5.74) is 4.44. The van der Waals surface area contributed by atoms with E-state index in [2.05, 4.69) is 0 Å². The molecule has 1 unspecified atom stereocenters. The highest BCUT2D eigenvalue weighted by atomic mass is 19.4. The number of hydrogen-bond acceptors (Lipinski definition) is 2. The van der Waals surface area contributed by atoms with Crippen LogP contribution in [0.15, 0.2) is 36.4 Å². The molecule has 2 N–H and O–H groups in total. The fourth-order valence-corrected chi connectivity index (χ4v) is 2.78. The zero-order valence-electron chi connectivity index (χ0n) is 12.7. The van der Waals surface area contributed by atoms with E-state index in [1.165, 1.54) is 0 Å². The summed E-state index contributed by atoms with van der Waals surface area (Å²) in [6.07, 6.45) is -9.32. The van der Waals surface area contributed by atoms with Crippen LogP contribution in [0.2, 0.25) is 0 Å². The smallest absolute Gasteiger partial charge is 0.416 e. The lowest BCUT2D eigenvalue weighted by Crippen LogP contribution is -2.24. The number of halogens is 6. The van der Waals surface area contributed by atoms with Crippen molar-refractivity contribution in [3.8, 4) is 16.9 Å². The molecule has 2 aromatic rings. The molecule has 8 heteroatoms. The van der Waals surface area contributed by atoms with E-state index in [0.29, 0.717) is 5.56 Å². The topological polar surface area (TPSA) is 35.2 Å². The fourth-order valence-electron chi connectivity index (χ4n) is 2.78. The molecule has 0 spiro atoms. The SMILES string of the molecule is NCC1Cc2cc(C(F)(F)F)cc(-c3ccc(C(F)(F)F)cc3)c2O1. The molecule has 0 radical (unpaired) electrons. The molecule has 3 rings (SSSR count). The molecule has 1 aliphatic rings. The Hall–Kier alpha value is -2.22. The van der Waals surface area contributed by atoms with Crippen LogP contribution in [0, 0.1) is 0 Å². The molecule has 0 amide bonds. The van der Waals surface area contributed by atoms with Crippen molar-refractivity contribution in [1.82, 2.24) is 0 Å². The predicted molar refractivity (Wildman–Crippen MR) is 79.1 cm³/mol. The van der Waals surface area contributed by atoms with Crippen molar-refractivity contribution in [2.45, 2.75) is 24.9 Å². The third kappa shape index (κ3) is 3.44. The van der Waals surface area contributed by atoms with Gasteiger partial charge in [0.15, 0.2) is 0 Å². The van der Waals surface area contributed by atoms with Crippen LogP contribution < -0.4 is 10.5 Å². The third-order valence-electron chi connectivity index (χ3n) is 4.01. The van der Waals surface area contributed by atoms with Crippen molar-refractivity contribution in [3.05, 3.63) is 53.1 Å². The summed E-state index contributed by atoms with van der Waals surface area (Å²) < 4.78 is 83.0. The molecule has 1 aliphatic heterocycles. The summed E-state index contributed by atoms with van der Waals surface area (Å²) in [4.78, 5) is 0. The molecule has 0 bridgehead atoms. The number of fused-ring (bicyclic) bond motifs is 1. The Labute approximate surface area is 139 Å². The minimum atomic E-state index is -4.57. The molecule has 1 atom stereocenters. The molecule has 2 aromatic carbocycles. The van der Waals surface area contributed by atoms with E-state index >= 15 is 0 Å². The molecular formula is C17H13F6NO. The van der Waals surface area contributed by atoms with Gasteiger partial charge in [-0.2, -0.15) is 26.3 Å². The van der Waals surface area contributed by atoms with Crippen LogP contribution in [0.5, 0.6) is 5.75 Å². The highest BCUT2D eigenvalue weighted by Crippen LogP contribution is 2.43. The van der Waals surface area contributed by atoms with Gasteiger partial charge in [0.1, 0.15) is 11.9 Å². The molecule has 0 aromatic heterocycles. The first-order chi connectivity index (χ1) is 11.6. The normalized spacial score (nSPS) is 17.3. The van der Waals surface area contributed by atoms with Crippen molar-refractivity contribution in [2.24, 2.45) is 5.73 Å².